The lowest BCUT2D eigenvalue weighted by molar-refractivity contribution is 0.494. The van der Waals surface area contributed by atoms with Gasteiger partial charge in [0.1, 0.15) is 0 Å². The number of rotatable bonds is 5. The van der Waals surface area contributed by atoms with Crippen LogP contribution in [-0.4, -0.2) is 43.5 Å². The number of imidazole rings is 1. The molecule has 0 saturated carbocycles. The average molecular weight is 512 g/mol. The number of fused-ring (bicyclic) bond motifs is 3. The fourth-order valence-electron chi connectivity index (χ4n) is 5.84. The lowest BCUT2D eigenvalue weighted by Crippen LogP contribution is -2.44. The molecule has 196 valence electrons. The molecule has 2 aromatic heterocycles. The highest BCUT2D eigenvalue weighted by atomic mass is 16.2. The molecule has 0 spiro atoms. The Kier molecular flexibility index (Phi) is 6.23. The Morgan fingerprint density at radius 1 is 0.947 bits per heavy atom. The largest absolute Gasteiger partial charge is 0.341 e. The van der Waals surface area contributed by atoms with Crippen LogP contribution in [0.1, 0.15) is 43.4 Å². The standard InChI is InChI=1S/C29H33N7O2/c1-3-34-25-26(32-28(34)33-15-9-12-21(30)17-33)35(4-2)29(38)36(27(25)37)18-24-22-13-7-5-10-19(22)16-20-11-6-8-14-23(20)31-24/h5-8,10-11,13-14,21H,3-4,9,12,15-18,30H2,1-2H3. The van der Waals surface area contributed by atoms with E-state index in [2.05, 4.69) is 17.0 Å². The molecule has 1 atom stereocenters. The Hall–Kier alpha value is -3.98. The molecule has 4 heterocycles. The van der Waals surface area contributed by atoms with Crippen LogP contribution in [0.25, 0.3) is 11.2 Å². The van der Waals surface area contributed by atoms with E-state index in [-0.39, 0.29) is 23.8 Å². The molecule has 9 nitrogen and oxygen atoms in total. The second-order valence-electron chi connectivity index (χ2n) is 10.1. The summed E-state index contributed by atoms with van der Waals surface area (Å²) in [5.74, 6) is 0.708. The number of piperidine rings is 1. The van der Waals surface area contributed by atoms with Gasteiger partial charge >= 0.3 is 5.69 Å². The molecule has 1 fully saturated rings. The van der Waals surface area contributed by atoms with Gasteiger partial charge in [-0.15, -0.1) is 0 Å². The molecule has 0 aliphatic carbocycles. The molecular weight excluding hydrogens is 478 g/mol. The monoisotopic (exact) mass is 511 g/mol. The smallest absolute Gasteiger partial charge is 0.333 e. The minimum Gasteiger partial charge on any atom is -0.341 e. The lowest BCUT2D eigenvalue weighted by Gasteiger charge is -2.31. The van der Waals surface area contributed by atoms with Crippen molar-refractivity contribution < 1.29 is 0 Å². The zero-order valence-electron chi connectivity index (χ0n) is 21.9. The molecule has 0 radical (unpaired) electrons. The van der Waals surface area contributed by atoms with Gasteiger partial charge in [-0.05, 0) is 43.9 Å². The predicted molar refractivity (Wildman–Crippen MR) is 151 cm³/mol. The Bertz CT molecular complexity index is 1680. The fourth-order valence-corrected chi connectivity index (χ4v) is 5.84. The van der Waals surface area contributed by atoms with Crippen molar-refractivity contribution in [1.82, 2.24) is 18.7 Å². The van der Waals surface area contributed by atoms with Gasteiger partial charge in [0.2, 0.25) is 5.95 Å². The van der Waals surface area contributed by atoms with E-state index in [1.807, 2.05) is 54.8 Å². The summed E-state index contributed by atoms with van der Waals surface area (Å²) in [4.78, 5) is 39.8. The first kappa shape index (κ1) is 24.4. The van der Waals surface area contributed by atoms with E-state index >= 15 is 0 Å². The summed E-state index contributed by atoms with van der Waals surface area (Å²) in [6.07, 6.45) is 2.69. The van der Waals surface area contributed by atoms with Gasteiger partial charge in [-0.3, -0.25) is 18.9 Å². The summed E-state index contributed by atoms with van der Waals surface area (Å²) in [6.45, 7) is 6.47. The maximum absolute atomic E-state index is 14.1. The van der Waals surface area contributed by atoms with Crippen LogP contribution in [0.3, 0.4) is 0 Å². The van der Waals surface area contributed by atoms with Crippen LogP contribution in [-0.2, 0) is 26.1 Å². The van der Waals surface area contributed by atoms with Crippen LogP contribution in [0.15, 0.2) is 63.1 Å². The molecule has 0 amide bonds. The molecule has 0 bridgehead atoms. The number of aliphatic imine (C=N–C) groups is 1. The first-order valence-electron chi connectivity index (χ1n) is 13.5. The number of hydrogen-bond acceptors (Lipinski definition) is 6. The summed E-state index contributed by atoms with van der Waals surface area (Å²) in [6, 6.07) is 16.2. The van der Waals surface area contributed by atoms with Gasteiger partial charge in [0.25, 0.3) is 5.56 Å². The second kappa shape index (κ2) is 9.72. The van der Waals surface area contributed by atoms with E-state index < -0.39 is 0 Å². The summed E-state index contributed by atoms with van der Waals surface area (Å²) in [5, 5.41) is 0. The third-order valence-corrected chi connectivity index (χ3v) is 7.73. The Labute approximate surface area is 220 Å². The van der Waals surface area contributed by atoms with E-state index in [4.69, 9.17) is 15.7 Å². The van der Waals surface area contributed by atoms with Crippen molar-refractivity contribution in [3.8, 4) is 0 Å². The van der Waals surface area contributed by atoms with Crippen LogP contribution in [0, 0.1) is 0 Å². The highest BCUT2D eigenvalue weighted by Gasteiger charge is 2.27. The number of anilines is 1. The second-order valence-corrected chi connectivity index (χ2v) is 10.1. The number of benzene rings is 2. The third-order valence-electron chi connectivity index (χ3n) is 7.73. The molecule has 6 rings (SSSR count). The maximum Gasteiger partial charge on any atom is 0.333 e. The summed E-state index contributed by atoms with van der Waals surface area (Å²) < 4.78 is 4.87. The molecule has 1 unspecified atom stereocenters. The van der Waals surface area contributed by atoms with Crippen molar-refractivity contribution in [2.75, 3.05) is 18.0 Å². The van der Waals surface area contributed by atoms with E-state index in [1.165, 1.54) is 4.57 Å². The molecule has 1 saturated heterocycles. The Balaban J connectivity index is 1.55. The van der Waals surface area contributed by atoms with Crippen LogP contribution in [0.5, 0.6) is 0 Å². The molecule has 38 heavy (non-hydrogen) atoms. The number of aromatic nitrogens is 4. The van der Waals surface area contributed by atoms with Crippen molar-refractivity contribution in [2.45, 2.75) is 58.8 Å². The van der Waals surface area contributed by atoms with E-state index in [1.54, 1.807) is 4.57 Å². The quantitative estimate of drug-likeness (QED) is 0.444. The van der Waals surface area contributed by atoms with Gasteiger partial charge in [0.15, 0.2) is 11.2 Å². The normalized spacial score (nSPS) is 17.2. The highest BCUT2D eigenvalue weighted by molar-refractivity contribution is 6.04. The summed E-state index contributed by atoms with van der Waals surface area (Å²) in [7, 11) is 0. The van der Waals surface area contributed by atoms with Gasteiger partial charge in [-0.1, -0.05) is 42.5 Å². The van der Waals surface area contributed by atoms with E-state index in [0.29, 0.717) is 42.5 Å². The SMILES string of the molecule is CCn1c(N2CCCC(N)C2)nc2c1c(=O)n(CC1=Nc3ccccc3Cc3ccccc31)c(=O)n2CC. The van der Waals surface area contributed by atoms with Gasteiger partial charge in [0.05, 0.1) is 17.9 Å². The predicted octanol–water partition coefficient (Wildman–Crippen LogP) is 3.05. The first-order valence-corrected chi connectivity index (χ1v) is 13.5. The molecular formula is C29H33N7O2. The number of nitrogens with two attached hydrogens (primary N) is 1. The summed E-state index contributed by atoms with van der Waals surface area (Å²) >= 11 is 0. The minimum absolute atomic E-state index is 0.0649. The molecule has 2 aliphatic rings. The molecule has 2 N–H and O–H groups in total. The van der Waals surface area contributed by atoms with Crippen molar-refractivity contribution >= 4 is 28.5 Å². The molecule has 2 aliphatic heterocycles. The van der Waals surface area contributed by atoms with E-state index in [9.17, 15) is 9.59 Å². The van der Waals surface area contributed by atoms with Gasteiger partial charge < -0.3 is 15.2 Å². The van der Waals surface area contributed by atoms with Crippen molar-refractivity contribution in [3.63, 3.8) is 0 Å². The topological polar surface area (TPSA) is 103 Å². The van der Waals surface area contributed by atoms with Gasteiger partial charge in [0, 0.05) is 44.2 Å². The fraction of sp³-hybridized carbons (Fsp3) is 0.379. The van der Waals surface area contributed by atoms with Crippen molar-refractivity contribution in [2.24, 2.45) is 10.7 Å². The van der Waals surface area contributed by atoms with Gasteiger partial charge in [-0.2, -0.15) is 4.98 Å². The number of para-hydroxylation sites is 1. The van der Waals surface area contributed by atoms with E-state index in [0.717, 1.165) is 48.2 Å². The minimum atomic E-state index is -0.370. The van der Waals surface area contributed by atoms with Crippen molar-refractivity contribution in [3.05, 3.63) is 86.1 Å². The average Bonchev–Trinajstić information content (AvgIpc) is 3.23. The lowest BCUT2D eigenvalue weighted by atomic mass is 9.98. The van der Waals surface area contributed by atoms with Crippen LogP contribution in [0.4, 0.5) is 11.6 Å². The third kappa shape index (κ3) is 3.98. The highest BCUT2D eigenvalue weighted by Crippen LogP contribution is 2.29. The maximum atomic E-state index is 14.1. The zero-order chi connectivity index (χ0) is 26.4. The Morgan fingerprint density at radius 3 is 2.45 bits per heavy atom. The number of nitrogens with zero attached hydrogens (tertiary/aromatic N) is 6. The number of aryl methyl sites for hydroxylation is 2. The van der Waals surface area contributed by atoms with Crippen LogP contribution >= 0.6 is 0 Å². The molecule has 2 aromatic carbocycles. The summed E-state index contributed by atoms with van der Waals surface area (Å²) in [5.41, 5.74) is 11.2. The molecule has 4 aromatic rings. The van der Waals surface area contributed by atoms with Crippen LogP contribution < -0.4 is 21.9 Å². The number of hydrogen-bond donors (Lipinski definition) is 1. The zero-order valence-corrected chi connectivity index (χ0v) is 21.9. The van der Waals surface area contributed by atoms with Crippen molar-refractivity contribution in [1.29, 1.82) is 0 Å². The van der Waals surface area contributed by atoms with Gasteiger partial charge in [-0.25, -0.2) is 4.79 Å². The molecule has 9 heteroatoms. The van der Waals surface area contributed by atoms with Crippen LogP contribution in [0.2, 0.25) is 0 Å². The Morgan fingerprint density at radius 2 is 1.68 bits per heavy atom. The first-order chi connectivity index (χ1) is 18.5.